The first-order valence-corrected chi connectivity index (χ1v) is 12.7. The number of aromatic nitrogens is 3. The number of H-pyrrole nitrogens is 1. The topological polar surface area (TPSA) is 116 Å². The first-order chi connectivity index (χ1) is 14.7. The molecule has 4 rings (SSSR count). The minimum atomic E-state index is -2.84. The summed E-state index contributed by atoms with van der Waals surface area (Å²) in [6, 6.07) is 0. The zero-order valence-corrected chi connectivity index (χ0v) is 18.2. The molecular formula is C19H20F2N4O4S2. The molecular weight excluding hydrogens is 450 g/mol. The van der Waals surface area contributed by atoms with E-state index in [0.29, 0.717) is 29.3 Å². The Bertz CT molecular complexity index is 1230. The van der Waals surface area contributed by atoms with Crippen LogP contribution in [0, 0.1) is 0 Å². The van der Waals surface area contributed by atoms with Gasteiger partial charge in [-0.05, 0) is 28.5 Å². The molecule has 0 bridgehead atoms. The Kier molecular flexibility index (Phi) is 5.60. The highest BCUT2D eigenvalue weighted by molar-refractivity contribution is 8.00. The van der Waals surface area contributed by atoms with E-state index in [1.54, 1.807) is 0 Å². The summed E-state index contributed by atoms with van der Waals surface area (Å²) in [7, 11) is -2.84. The number of halogens is 2. The molecule has 2 aromatic rings. The van der Waals surface area contributed by atoms with Gasteiger partial charge in [-0.15, -0.1) is 10.2 Å². The fourth-order valence-corrected chi connectivity index (χ4v) is 6.51. The van der Waals surface area contributed by atoms with Crippen molar-refractivity contribution in [2.75, 3.05) is 18.6 Å². The normalized spacial score (nSPS) is 19.5. The summed E-state index contributed by atoms with van der Waals surface area (Å²) >= 11 is 1.04. The van der Waals surface area contributed by atoms with Gasteiger partial charge >= 0.3 is 0 Å². The van der Waals surface area contributed by atoms with E-state index in [2.05, 4.69) is 15.2 Å². The summed E-state index contributed by atoms with van der Waals surface area (Å²) in [6.07, 6.45) is 4.69. The van der Waals surface area contributed by atoms with Gasteiger partial charge in [0.25, 0.3) is 5.91 Å². The zero-order chi connectivity index (χ0) is 22.3. The largest absolute Gasteiger partial charge is 0.503 e. The molecule has 0 aromatic carbocycles. The lowest BCUT2D eigenvalue weighted by molar-refractivity contribution is 0.0863. The van der Waals surface area contributed by atoms with Gasteiger partial charge in [0.15, 0.2) is 16.5 Å². The molecule has 1 amide bonds. The van der Waals surface area contributed by atoms with Crippen LogP contribution in [0.25, 0.3) is 10.6 Å². The average molecular weight is 471 g/mol. The summed E-state index contributed by atoms with van der Waals surface area (Å²) in [4.78, 5) is 28.0. The number of hydrogen-bond acceptors (Lipinski definition) is 7. The summed E-state index contributed by atoms with van der Waals surface area (Å²) < 4.78 is 40.8. The number of carbonyl (C=O) groups is 1. The van der Waals surface area contributed by atoms with Crippen LogP contribution in [0.3, 0.4) is 0 Å². The maximum atomic E-state index is 13.9. The standard InChI is InChI=1S/C19H20F2N4O4S2/c1-31(29)6-2-5-25(31)19(28)15-17(27)16(26)12(9-22-15)18-24-23-14(30-18)7-10-3-4-11(20)8-13(10)21/h8-9,27,31H,2-7H2,1H3,(H,22,26). The van der Waals surface area contributed by atoms with Crippen LogP contribution < -0.4 is 5.43 Å². The molecule has 1 aliphatic carbocycles. The lowest BCUT2D eigenvalue weighted by Crippen LogP contribution is -2.37. The Morgan fingerprint density at radius 3 is 2.81 bits per heavy atom. The van der Waals surface area contributed by atoms with Crippen LogP contribution in [0.1, 0.15) is 34.8 Å². The van der Waals surface area contributed by atoms with E-state index < -0.39 is 38.9 Å². The van der Waals surface area contributed by atoms with E-state index in [9.17, 15) is 27.7 Å². The second kappa shape index (κ2) is 8.08. The van der Waals surface area contributed by atoms with Crippen LogP contribution >= 0.6 is 11.3 Å². The van der Waals surface area contributed by atoms with Crippen molar-refractivity contribution in [3.63, 3.8) is 0 Å². The third-order valence-corrected chi connectivity index (χ3v) is 8.81. The molecule has 0 spiro atoms. The number of allylic oxidation sites excluding steroid dienone is 4. The molecule has 12 heteroatoms. The Balaban J connectivity index is 1.60. The predicted octanol–water partition coefficient (Wildman–Crippen LogP) is 2.42. The van der Waals surface area contributed by atoms with E-state index in [4.69, 9.17) is 0 Å². The van der Waals surface area contributed by atoms with Gasteiger partial charge in [-0.1, -0.05) is 11.3 Å². The van der Waals surface area contributed by atoms with Gasteiger partial charge in [-0.25, -0.2) is 8.78 Å². The van der Waals surface area contributed by atoms with Crippen molar-refractivity contribution in [1.29, 1.82) is 0 Å². The molecule has 0 atom stereocenters. The van der Waals surface area contributed by atoms with E-state index in [1.807, 2.05) is 0 Å². The summed E-state index contributed by atoms with van der Waals surface area (Å²) in [5.74, 6) is -2.22. The summed E-state index contributed by atoms with van der Waals surface area (Å²) in [6.45, 7) is 0.293. The maximum Gasteiger partial charge on any atom is 0.284 e. The lowest BCUT2D eigenvalue weighted by Gasteiger charge is -2.26. The number of rotatable bonds is 4. The number of aromatic amines is 1. The Morgan fingerprint density at radius 1 is 1.35 bits per heavy atom. The Labute approximate surface area is 180 Å². The SMILES string of the molecule is C[SH]1(=O)CCCN1C(=O)c1[nH]cc(-c2nnc(CC3=C(F)C=C(F)CC3)s2)c(=O)c1O. The van der Waals surface area contributed by atoms with Gasteiger partial charge in [0.1, 0.15) is 16.7 Å². The second-order valence-electron chi connectivity index (χ2n) is 7.53. The number of nitrogens with zero attached hydrogens (tertiary/aromatic N) is 3. The van der Waals surface area contributed by atoms with E-state index in [-0.39, 0.29) is 35.5 Å². The van der Waals surface area contributed by atoms with Gasteiger partial charge in [0, 0.05) is 43.7 Å². The van der Waals surface area contributed by atoms with E-state index in [0.717, 1.165) is 17.4 Å². The van der Waals surface area contributed by atoms with Crippen molar-refractivity contribution in [3.8, 4) is 16.3 Å². The molecule has 0 unspecified atom stereocenters. The number of hydrogen-bond donors (Lipinski definition) is 3. The van der Waals surface area contributed by atoms with Crippen molar-refractivity contribution >= 4 is 27.4 Å². The predicted molar refractivity (Wildman–Crippen MR) is 114 cm³/mol. The summed E-state index contributed by atoms with van der Waals surface area (Å²) in [5, 5.41) is 18.8. The molecule has 1 aliphatic heterocycles. The molecule has 166 valence electrons. The highest BCUT2D eigenvalue weighted by atomic mass is 32.3. The zero-order valence-electron chi connectivity index (χ0n) is 16.5. The molecule has 3 heterocycles. The molecule has 0 radical (unpaired) electrons. The third kappa shape index (κ3) is 4.09. The number of pyridine rings is 1. The molecule has 8 nitrogen and oxygen atoms in total. The minimum Gasteiger partial charge on any atom is -0.503 e. The average Bonchev–Trinajstić information content (AvgIpc) is 3.31. The molecule has 1 fully saturated rings. The van der Waals surface area contributed by atoms with Crippen molar-refractivity contribution < 1.29 is 22.9 Å². The van der Waals surface area contributed by atoms with Crippen LogP contribution in [0.2, 0.25) is 0 Å². The molecule has 2 N–H and O–H groups in total. The highest BCUT2D eigenvalue weighted by Crippen LogP contribution is 2.31. The Morgan fingerprint density at radius 2 is 2.13 bits per heavy atom. The monoisotopic (exact) mass is 470 g/mol. The number of aromatic hydroxyl groups is 1. The number of nitrogens with one attached hydrogen (secondary N) is 1. The smallest absolute Gasteiger partial charge is 0.284 e. The first-order valence-electron chi connectivity index (χ1n) is 9.57. The highest BCUT2D eigenvalue weighted by Gasteiger charge is 2.33. The van der Waals surface area contributed by atoms with Gasteiger partial charge in [-0.3, -0.25) is 18.1 Å². The Hall–Kier alpha value is -2.73. The quantitative estimate of drug-likeness (QED) is 0.591. The number of amides is 1. The van der Waals surface area contributed by atoms with Gasteiger partial charge in [-0.2, -0.15) is 0 Å². The lowest BCUT2D eigenvalue weighted by atomic mass is 10.0. The molecule has 1 saturated heterocycles. The van der Waals surface area contributed by atoms with Gasteiger partial charge < -0.3 is 10.1 Å². The van der Waals surface area contributed by atoms with Crippen LogP contribution in [0.4, 0.5) is 8.78 Å². The van der Waals surface area contributed by atoms with Crippen molar-refractivity contribution in [3.05, 3.63) is 50.4 Å². The van der Waals surface area contributed by atoms with Crippen molar-refractivity contribution in [2.45, 2.75) is 25.7 Å². The third-order valence-electron chi connectivity index (χ3n) is 5.31. The molecule has 2 aromatic heterocycles. The maximum absolute atomic E-state index is 13.9. The molecule has 0 saturated carbocycles. The molecule has 2 aliphatic rings. The van der Waals surface area contributed by atoms with E-state index in [1.165, 1.54) is 16.8 Å². The van der Waals surface area contributed by atoms with Crippen LogP contribution in [0.5, 0.6) is 5.75 Å². The number of thiol groups is 1. The molecule has 31 heavy (non-hydrogen) atoms. The van der Waals surface area contributed by atoms with Crippen molar-refractivity contribution in [2.24, 2.45) is 0 Å². The summed E-state index contributed by atoms with van der Waals surface area (Å²) in [5.41, 5.74) is -0.743. The van der Waals surface area contributed by atoms with Gasteiger partial charge in [0.2, 0.25) is 5.43 Å². The number of carbonyl (C=O) groups excluding carboxylic acids is 1. The van der Waals surface area contributed by atoms with Crippen LogP contribution in [-0.2, 0) is 16.5 Å². The second-order valence-corrected chi connectivity index (χ2v) is 11.6. The van der Waals surface area contributed by atoms with E-state index >= 15 is 0 Å². The fourth-order valence-electron chi connectivity index (χ4n) is 3.60. The first kappa shape index (κ1) is 21.5. The van der Waals surface area contributed by atoms with Crippen molar-refractivity contribution in [1.82, 2.24) is 19.5 Å². The fraction of sp³-hybridized carbons (Fsp3) is 0.368. The van der Waals surface area contributed by atoms with Crippen LogP contribution in [0.15, 0.2) is 34.3 Å². The minimum absolute atomic E-state index is 0.00272. The van der Waals surface area contributed by atoms with Crippen LogP contribution in [-0.4, -0.2) is 53.3 Å². The van der Waals surface area contributed by atoms with Gasteiger partial charge in [0.05, 0.1) is 5.56 Å².